The van der Waals surface area contributed by atoms with Gasteiger partial charge in [0.25, 0.3) is 0 Å². The predicted octanol–water partition coefficient (Wildman–Crippen LogP) is 3.88. The van der Waals surface area contributed by atoms with Crippen LogP contribution in [-0.4, -0.2) is 21.2 Å². The first-order valence-corrected chi connectivity index (χ1v) is 7.12. The highest BCUT2D eigenvalue weighted by atomic mass is 35.5. The number of rotatable bonds is 3. The van der Waals surface area contributed by atoms with Crippen LogP contribution in [0.2, 0.25) is 5.15 Å². The van der Waals surface area contributed by atoms with E-state index in [9.17, 15) is 4.79 Å². The molecule has 0 spiro atoms. The van der Waals surface area contributed by atoms with Gasteiger partial charge in [0.1, 0.15) is 16.0 Å². The molecule has 0 atom stereocenters. The number of aldehydes is 1. The number of hydrogen-bond donors (Lipinski definition) is 1. The van der Waals surface area contributed by atoms with E-state index in [0.717, 1.165) is 15.9 Å². The molecule has 0 aliphatic carbocycles. The molecule has 0 saturated heterocycles. The number of halogens is 1. The van der Waals surface area contributed by atoms with Gasteiger partial charge in [-0.1, -0.05) is 41.6 Å². The van der Waals surface area contributed by atoms with Crippen LogP contribution in [0.25, 0.3) is 10.9 Å². The monoisotopic (exact) mass is 303 g/mol. The van der Waals surface area contributed by atoms with Crippen LogP contribution in [0.3, 0.4) is 0 Å². The summed E-state index contributed by atoms with van der Waals surface area (Å²) in [6.07, 6.45) is 0.687. The van der Waals surface area contributed by atoms with Crippen LogP contribution in [0.15, 0.2) is 40.4 Å². The van der Waals surface area contributed by atoms with Crippen LogP contribution in [0.1, 0.15) is 16.2 Å². The van der Waals surface area contributed by atoms with Crippen LogP contribution in [0.5, 0.6) is 0 Å². The van der Waals surface area contributed by atoms with Crippen molar-refractivity contribution in [2.45, 2.75) is 17.0 Å². The standard InChI is InChI=1S/C14H10ClN3OS/c1-8-16-13(15)10(7-19)14(17-8)20-12-6-9-4-2-3-5-11(9)18-12/h2-7,18H,1H3. The molecule has 4 nitrogen and oxygen atoms in total. The van der Waals surface area contributed by atoms with E-state index in [1.165, 1.54) is 11.8 Å². The quantitative estimate of drug-likeness (QED) is 0.589. The number of aromatic amines is 1. The third-order valence-corrected chi connectivity index (χ3v) is 4.04. The minimum absolute atomic E-state index is 0.186. The van der Waals surface area contributed by atoms with E-state index in [2.05, 4.69) is 15.0 Å². The highest BCUT2D eigenvalue weighted by Gasteiger charge is 2.13. The first kappa shape index (κ1) is 13.1. The van der Waals surface area contributed by atoms with Crippen LogP contribution < -0.4 is 0 Å². The van der Waals surface area contributed by atoms with Gasteiger partial charge in [-0.15, -0.1) is 0 Å². The fraction of sp³-hybridized carbons (Fsp3) is 0.0714. The summed E-state index contributed by atoms with van der Waals surface area (Å²) in [7, 11) is 0. The number of aryl methyl sites for hydroxylation is 1. The van der Waals surface area contributed by atoms with Gasteiger partial charge in [0, 0.05) is 10.9 Å². The molecule has 100 valence electrons. The van der Waals surface area contributed by atoms with Crippen molar-refractivity contribution in [2.75, 3.05) is 0 Å². The van der Waals surface area contributed by atoms with Crippen LogP contribution >= 0.6 is 23.4 Å². The molecule has 0 bridgehead atoms. The number of benzene rings is 1. The fourth-order valence-corrected chi connectivity index (χ4v) is 3.21. The smallest absolute Gasteiger partial charge is 0.155 e. The molecule has 0 saturated carbocycles. The molecule has 0 aliphatic heterocycles. The zero-order valence-electron chi connectivity index (χ0n) is 10.6. The van der Waals surface area contributed by atoms with Gasteiger partial charge < -0.3 is 4.98 Å². The molecule has 0 unspecified atom stereocenters. The number of fused-ring (bicyclic) bond motifs is 1. The molecule has 2 heterocycles. The molecule has 1 N–H and O–H groups in total. The highest BCUT2D eigenvalue weighted by molar-refractivity contribution is 7.99. The Hall–Kier alpha value is -1.85. The van der Waals surface area contributed by atoms with Gasteiger partial charge >= 0.3 is 0 Å². The van der Waals surface area contributed by atoms with Gasteiger partial charge in [0.05, 0.1) is 10.6 Å². The minimum atomic E-state index is 0.186. The van der Waals surface area contributed by atoms with Crippen molar-refractivity contribution in [3.8, 4) is 0 Å². The van der Waals surface area contributed by atoms with Crippen molar-refractivity contribution in [3.63, 3.8) is 0 Å². The van der Waals surface area contributed by atoms with Gasteiger partial charge in [-0.25, -0.2) is 9.97 Å². The fourth-order valence-electron chi connectivity index (χ4n) is 1.91. The first-order valence-electron chi connectivity index (χ1n) is 5.92. The van der Waals surface area contributed by atoms with E-state index in [-0.39, 0.29) is 5.15 Å². The molecule has 1 aromatic carbocycles. The molecule has 0 fully saturated rings. The first-order chi connectivity index (χ1) is 9.67. The average Bonchev–Trinajstić information content (AvgIpc) is 2.80. The third kappa shape index (κ3) is 2.42. The second-order valence-corrected chi connectivity index (χ2v) is 5.61. The lowest BCUT2D eigenvalue weighted by atomic mass is 10.3. The number of H-pyrrole nitrogens is 1. The lowest BCUT2D eigenvalue weighted by molar-refractivity contribution is 0.112. The van der Waals surface area contributed by atoms with E-state index < -0.39 is 0 Å². The summed E-state index contributed by atoms with van der Waals surface area (Å²) in [5.41, 5.74) is 1.36. The summed E-state index contributed by atoms with van der Waals surface area (Å²) in [6.45, 7) is 1.75. The Morgan fingerprint density at radius 2 is 2.10 bits per heavy atom. The molecule has 0 radical (unpaired) electrons. The molecular formula is C14H10ClN3OS. The highest BCUT2D eigenvalue weighted by Crippen LogP contribution is 2.32. The lowest BCUT2D eigenvalue weighted by Crippen LogP contribution is -1.98. The summed E-state index contributed by atoms with van der Waals surface area (Å²) in [4.78, 5) is 22.7. The van der Waals surface area contributed by atoms with E-state index in [1.807, 2.05) is 30.3 Å². The lowest BCUT2D eigenvalue weighted by Gasteiger charge is -2.04. The normalized spacial score (nSPS) is 10.9. The SMILES string of the molecule is Cc1nc(Cl)c(C=O)c(Sc2cc3ccccc3[nH]2)n1. The van der Waals surface area contributed by atoms with Gasteiger partial charge in [-0.3, -0.25) is 4.79 Å². The molecule has 3 aromatic rings. The minimum Gasteiger partial charge on any atom is -0.349 e. The maximum Gasteiger partial charge on any atom is 0.155 e. The summed E-state index contributed by atoms with van der Waals surface area (Å²) < 4.78 is 0. The zero-order chi connectivity index (χ0) is 14.1. The summed E-state index contributed by atoms with van der Waals surface area (Å²) in [5.74, 6) is 0.541. The van der Waals surface area contributed by atoms with Crippen LogP contribution in [0, 0.1) is 6.92 Å². The second kappa shape index (κ2) is 5.26. The van der Waals surface area contributed by atoms with E-state index in [4.69, 9.17) is 11.6 Å². The Balaban J connectivity index is 2.04. The van der Waals surface area contributed by atoms with Gasteiger partial charge in [0.15, 0.2) is 6.29 Å². The summed E-state index contributed by atoms with van der Waals surface area (Å²) in [5, 5.41) is 2.76. The van der Waals surface area contributed by atoms with Crippen molar-refractivity contribution in [1.82, 2.24) is 15.0 Å². The van der Waals surface area contributed by atoms with Gasteiger partial charge in [-0.05, 0) is 19.1 Å². The second-order valence-electron chi connectivity index (χ2n) is 4.22. The van der Waals surface area contributed by atoms with Gasteiger partial charge in [-0.2, -0.15) is 0 Å². The van der Waals surface area contributed by atoms with Crippen molar-refractivity contribution in [1.29, 1.82) is 0 Å². The number of para-hydroxylation sites is 1. The largest absolute Gasteiger partial charge is 0.349 e. The number of nitrogens with zero attached hydrogens (tertiary/aromatic N) is 2. The molecule has 6 heteroatoms. The Labute approximate surface area is 124 Å². The van der Waals surface area contributed by atoms with Crippen molar-refractivity contribution in [2.24, 2.45) is 0 Å². The molecule has 2 aromatic heterocycles. The van der Waals surface area contributed by atoms with Crippen molar-refractivity contribution >= 4 is 40.6 Å². The summed E-state index contributed by atoms with van der Waals surface area (Å²) >= 11 is 7.34. The number of nitrogens with one attached hydrogen (secondary N) is 1. The maximum atomic E-state index is 11.1. The maximum absolute atomic E-state index is 11.1. The number of carbonyl (C=O) groups is 1. The predicted molar refractivity (Wildman–Crippen MR) is 79.6 cm³/mol. The Morgan fingerprint density at radius 1 is 1.30 bits per heavy atom. The van der Waals surface area contributed by atoms with E-state index in [1.54, 1.807) is 6.92 Å². The molecule has 0 aliphatic rings. The van der Waals surface area contributed by atoms with Crippen molar-refractivity contribution < 1.29 is 4.79 Å². The Bertz CT molecular complexity index is 767. The molecular weight excluding hydrogens is 294 g/mol. The van der Waals surface area contributed by atoms with Crippen LogP contribution in [0.4, 0.5) is 0 Å². The van der Waals surface area contributed by atoms with E-state index >= 15 is 0 Å². The molecule has 20 heavy (non-hydrogen) atoms. The Kier molecular flexibility index (Phi) is 3.46. The summed E-state index contributed by atoms with van der Waals surface area (Å²) in [6, 6.07) is 9.98. The molecule has 3 rings (SSSR count). The third-order valence-electron chi connectivity index (χ3n) is 2.81. The molecule has 0 amide bonds. The topological polar surface area (TPSA) is 58.6 Å². The number of hydrogen-bond acceptors (Lipinski definition) is 4. The van der Waals surface area contributed by atoms with Gasteiger partial charge in [0.2, 0.25) is 0 Å². The Morgan fingerprint density at radius 3 is 2.85 bits per heavy atom. The average molecular weight is 304 g/mol. The van der Waals surface area contributed by atoms with Crippen molar-refractivity contribution in [3.05, 3.63) is 46.9 Å². The van der Waals surface area contributed by atoms with E-state index in [0.29, 0.717) is 22.7 Å². The zero-order valence-corrected chi connectivity index (χ0v) is 12.1. The van der Waals surface area contributed by atoms with Crippen LogP contribution in [-0.2, 0) is 0 Å². The number of carbonyl (C=O) groups excluding carboxylic acids is 1. The number of aromatic nitrogens is 3.